The third kappa shape index (κ3) is 6.38. The van der Waals surface area contributed by atoms with Gasteiger partial charge in [0.25, 0.3) is 36.3 Å². The maximum Gasteiger partial charge on any atom is 0.296 e. The number of hydrogen-bond acceptors (Lipinski definition) is 11. The second-order valence-corrected chi connectivity index (χ2v) is 13.9. The molecule has 5 aromatic rings. The van der Waals surface area contributed by atoms with Crippen LogP contribution in [0.5, 0.6) is 5.75 Å². The topological polar surface area (TPSA) is 249 Å². The van der Waals surface area contributed by atoms with Crippen molar-refractivity contribution in [3.05, 3.63) is 84.4 Å². The zero-order valence-corrected chi connectivity index (χ0v) is 25.7. The molecule has 0 unspecified atom stereocenters. The van der Waals surface area contributed by atoms with Crippen molar-refractivity contribution in [1.82, 2.24) is 0 Å². The Bertz CT molecular complexity index is 2430. The molecule has 46 heavy (non-hydrogen) atoms. The van der Waals surface area contributed by atoms with E-state index in [1.165, 1.54) is 43.4 Å². The van der Waals surface area contributed by atoms with Gasteiger partial charge in [0.2, 0.25) is 0 Å². The molecule has 0 saturated heterocycles. The average molecular weight is 687 g/mol. The van der Waals surface area contributed by atoms with Crippen molar-refractivity contribution in [2.45, 2.75) is 14.7 Å². The first-order valence-corrected chi connectivity index (χ1v) is 17.1. The molecule has 0 aliphatic rings. The molecule has 5 rings (SSSR count). The zero-order chi connectivity index (χ0) is 33.6. The molecular formula is C28H22N4O11S3. The maximum absolute atomic E-state index is 12.8. The number of azo groups is 1. The Morgan fingerprint density at radius 3 is 1.91 bits per heavy atom. The van der Waals surface area contributed by atoms with Gasteiger partial charge in [-0.25, -0.2) is 0 Å². The first-order chi connectivity index (χ1) is 21.5. The Labute approximate surface area is 261 Å². The lowest BCUT2D eigenvalue weighted by Gasteiger charge is -2.14. The summed E-state index contributed by atoms with van der Waals surface area (Å²) in [7, 11) is -13.7. The first-order valence-electron chi connectivity index (χ1n) is 12.8. The quantitative estimate of drug-likeness (QED) is 0.0916. The number of carbonyl (C=O) groups is 1. The van der Waals surface area contributed by atoms with E-state index in [9.17, 15) is 48.8 Å². The van der Waals surface area contributed by atoms with Crippen LogP contribution in [0.4, 0.5) is 22.7 Å². The number of amides is 1. The highest BCUT2D eigenvalue weighted by Crippen LogP contribution is 2.45. The van der Waals surface area contributed by atoms with Gasteiger partial charge in [-0.3, -0.25) is 18.5 Å². The number of nitrogens with one attached hydrogen (secondary N) is 2. The minimum Gasteiger partial charge on any atom is -0.505 e. The fourth-order valence-corrected chi connectivity index (χ4v) is 6.80. The number of phenolic OH excluding ortho intramolecular Hbond substituents is 1. The summed E-state index contributed by atoms with van der Waals surface area (Å²) in [5.74, 6) is -1.43. The van der Waals surface area contributed by atoms with Gasteiger partial charge >= 0.3 is 0 Å². The van der Waals surface area contributed by atoms with Crippen LogP contribution in [0.3, 0.4) is 0 Å². The fourth-order valence-electron chi connectivity index (χ4n) is 4.70. The number of aromatic hydroxyl groups is 1. The molecule has 18 heteroatoms. The van der Waals surface area contributed by atoms with Crippen molar-refractivity contribution in [1.29, 1.82) is 0 Å². The Morgan fingerprint density at radius 1 is 0.696 bits per heavy atom. The molecule has 5 aromatic carbocycles. The number of nitrogens with zero attached hydrogens (tertiary/aromatic N) is 2. The molecule has 0 fully saturated rings. The van der Waals surface area contributed by atoms with E-state index in [0.717, 1.165) is 24.3 Å². The first kappa shape index (κ1) is 32.4. The predicted octanol–water partition coefficient (Wildman–Crippen LogP) is 5.15. The molecule has 0 bridgehead atoms. The van der Waals surface area contributed by atoms with Crippen molar-refractivity contribution < 1.29 is 48.8 Å². The molecule has 0 aliphatic heterocycles. The predicted molar refractivity (Wildman–Crippen MR) is 167 cm³/mol. The summed E-state index contributed by atoms with van der Waals surface area (Å²) in [5, 5.41) is 23.2. The van der Waals surface area contributed by atoms with Gasteiger partial charge in [0.1, 0.15) is 20.4 Å². The summed E-state index contributed by atoms with van der Waals surface area (Å²) in [6.45, 7) is 0. The van der Waals surface area contributed by atoms with E-state index in [1.54, 1.807) is 18.2 Å². The summed E-state index contributed by atoms with van der Waals surface area (Å²) < 4.78 is 103. The van der Waals surface area contributed by atoms with Crippen LogP contribution in [0, 0.1) is 0 Å². The van der Waals surface area contributed by atoms with Gasteiger partial charge in [-0.15, -0.1) is 5.11 Å². The Balaban J connectivity index is 1.75. The summed E-state index contributed by atoms with van der Waals surface area (Å²) >= 11 is 0. The molecule has 0 heterocycles. The second kappa shape index (κ2) is 11.7. The van der Waals surface area contributed by atoms with Gasteiger partial charge in [0.15, 0.2) is 5.75 Å². The highest BCUT2D eigenvalue weighted by atomic mass is 32.2. The molecule has 15 nitrogen and oxygen atoms in total. The van der Waals surface area contributed by atoms with E-state index in [4.69, 9.17) is 0 Å². The second-order valence-electron chi connectivity index (χ2n) is 9.68. The summed E-state index contributed by atoms with van der Waals surface area (Å²) in [4.78, 5) is 10.3. The summed E-state index contributed by atoms with van der Waals surface area (Å²) in [6.07, 6.45) is 0. The summed E-state index contributed by atoms with van der Waals surface area (Å²) in [6, 6.07) is 17.2. The lowest BCUT2D eigenvalue weighted by molar-refractivity contribution is 0.102. The highest BCUT2D eigenvalue weighted by molar-refractivity contribution is 7.86. The van der Waals surface area contributed by atoms with E-state index in [0.29, 0.717) is 0 Å². The van der Waals surface area contributed by atoms with Crippen LogP contribution in [0.15, 0.2) is 104 Å². The van der Waals surface area contributed by atoms with Gasteiger partial charge in [-0.2, -0.15) is 30.4 Å². The lowest BCUT2D eigenvalue weighted by atomic mass is 10.1. The van der Waals surface area contributed by atoms with Crippen LogP contribution >= 0.6 is 0 Å². The SMILES string of the molecule is CNc1cc(S(=O)(=O)O)c2cc(N=Nc3c(S(=O)(=O)O)cc4cccc(NC(=O)c5ccccc5)c4c3O)cc(S(=O)(=O)O)c2c1. The molecule has 0 aromatic heterocycles. The monoisotopic (exact) mass is 686 g/mol. The minimum atomic E-state index is -5.09. The third-order valence-corrected chi connectivity index (χ3v) is 9.38. The number of fused-ring (bicyclic) bond motifs is 2. The zero-order valence-electron chi connectivity index (χ0n) is 23.3. The fraction of sp³-hybridized carbons (Fsp3) is 0.0357. The van der Waals surface area contributed by atoms with Crippen LogP contribution in [0.25, 0.3) is 21.5 Å². The molecule has 238 valence electrons. The lowest BCUT2D eigenvalue weighted by Crippen LogP contribution is -2.12. The molecular weight excluding hydrogens is 665 g/mol. The Hall–Kier alpha value is -4.98. The van der Waals surface area contributed by atoms with Gasteiger partial charge in [-0.1, -0.05) is 30.3 Å². The number of hydrogen-bond donors (Lipinski definition) is 6. The van der Waals surface area contributed by atoms with E-state index in [1.807, 2.05) is 0 Å². The van der Waals surface area contributed by atoms with Gasteiger partial charge in [0, 0.05) is 34.5 Å². The molecule has 0 atom stereocenters. The van der Waals surface area contributed by atoms with Gasteiger partial charge < -0.3 is 15.7 Å². The van der Waals surface area contributed by atoms with Crippen molar-refractivity contribution in [2.24, 2.45) is 10.2 Å². The van der Waals surface area contributed by atoms with Crippen LogP contribution in [-0.2, 0) is 30.4 Å². The number of anilines is 2. The molecule has 0 spiro atoms. The highest BCUT2D eigenvalue weighted by Gasteiger charge is 2.25. The Kier molecular flexibility index (Phi) is 8.28. The number of benzene rings is 5. The summed E-state index contributed by atoms with van der Waals surface area (Å²) in [5.41, 5.74) is -0.947. The van der Waals surface area contributed by atoms with E-state index in [-0.39, 0.29) is 33.1 Å². The molecule has 0 aliphatic carbocycles. The maximum atomic E-state index is 12.8. The van der Waals surface area contributed by atoms with E-state index in [2.05, 4.69) is 20.9 Å². The van der Waals surface area contributed by atoms with Crippen LogP contribution in [-0.4, -0.2) is 57.0 Å². The number of rotatable bonds is 8. The molecule has 6 N–H and O–H groups in total. The number of phenols is 1. The molecule has 0 saturated carbocycles. The largest absolute Gasteiger partial charge is 0.505 e. The van der Waals surface area contributed by atoms with Crippen molar-refractivity contribution in [3.8, 4) is 5.75 Å². The van der Waals surface area contributed by atoms with Crippen LogP contribution in [0.2, 0.25) is 0 Å². The van der Waals surface area contributed by atoms with Crippen LogP contribution < -0.4 is 10.6 Å². The van der Waals surface area contributed by atoms with Gasteiger partial charge in [0.05, 0.1) is 11.4 Å². The normalized spacial score (nSPS) is 12.5. The van der Waals surface area contributed by atoms with E-state index < -0.39 is 73.5 Å². The standard InChI is InChI=1S/C28H22N4O11S3/c1-29-17-11-19-20(22(13-17)44(35,36)37)12-18(14-23(19)45(38,39)40)31-32-26-24(46(41,42)43)10-16-8-5-9-21(25(16)27(26)33)30-28(34)15-6-3-2-4-7-15/h2-14,29,33H,1H3,(H,30,34)(H,35,36,37)(H,38,39,40)(H,41,42,43). The van der Waals surface area contributed by atoms with Crippen molar-refractivity contribution in [3.63, 3.8) is 0 Å². The third-order valence-electron chi connectivity index (χ3n) is 6.73. The van der Waals surface area contributed by atoms with Crippen molar-refractivity contribution in [2.75, 3.05) is 17.7 Å². The molecule has 0 radical (unpaired) electrons. The average Bonchev–Trinajstić information content (AvgIpc) is 2.98. The van der Waals surface area contributed by atoms with E-state index >= 15 is 0 Å². The Morgan fingerprint density at radius 2 is 1.30 bits per heavy atom. The van der Waals surface area contributed by atoms with Gasteiger partial charge in [-0.05, 0) is 53.9 Å². The molecule has 1 amide bonds. The van der Waals surface area contributed by atoms with Crippen LogP contribution in [0.1, 0.15) is 10.4 Å². The minimum absolute atomic E-state index is 0.0275. The smallest absolute Gasteiger partial charge is 0.296 e. The van der Waals surface area contributed by atoms with Crippen molar-refractivity contribution >= 4 is 80.6 Å². The number of carbonyl (C=O) groups excluding carboxylic acids is 1.